The molecule has 1 aromatic carbocycles. The van der Waals surface area contributed by atoms with Crippen LogP contribution in [0.5, 0.6) is 0 Å². The minimum atomic E-state index is -1.07. The van der Waals surface area contributed by atoms with Gasteiger partial charge in [-0.2, -0.15) is 5.10 Å². The number of ether oxygens (including phenoxy) is 1. The number of hydrogen-bond donors (Lipinski definition) is 0. The number of carbonyl (C=O) groups excluding carboxylic acids is 2. The van der Waals surface area contributed by atoms with Gasteiger partial charge in [0.05, 0.1) is 19.3 Å². The Bertz CT molecular complexity index is 1210. The van der Waals surface area contributed by atoms with E-state index in [1.807, 2.05) is 42.2 Å². The third kappa shape index (κ3) is 4.14. The SMILES string of the molecule is Cc1cc(C(=O)N2CCOC3(CC=CCN(CCc4ccccc4)C3=O)C2)n2nccc2n1. The van der Waals surface area contributed by atoms with E-state index in [-0.39, 0.29) is 18.4 Å². The van der Waals surface area contributed by atoms with E-state index >= 15 is 0 Å². The van der Waals surface area contributed by atoms with E-state index in [1.165, 1.54) is 5.56 Å². The van der Waals surface area contributed by atoms with Gasteiger partial charge in [-0.25, -0.2) is 9.50 Å². The quantitative estimate of drug-likeness (QED) is 0.576. The number of aromatic nitrogens is 3. The van der Waals surface area contributed by atoms with Gasteiger partial charge in [-0.3, -0.25) is 9.59 Å². The molecule has 0 saturated carbocycles. The first-order valence-corrected chi connectivity index (χ1v) is 11.3. The van der Waals surface area contributed by atoms with E-state index in [2.05, 4.69) is 22.2 Å². The number of morpholine rings is 1. The summed E-state index contributed by atoms with van der Waals surface area (Å²) in [5, 5.41) is 4.26. The van der Waals surface area contributed by atoms with Crippen LogP contribution in [0.15, 0.2) is 60.8 Å². The Hall–Kier alpha value is -3.52. The van der Waals surface area contributed by atoms with Crippen molar-refractivity contribution in [2.45, 2.75) is 25.4 Å². The molecule has 0 aliphatic carbocycles. The Kier molecular flexibility index (Phi) is 5.68. The number of hydrogen-bond acceptors (Lipinski definition) is 5. The van der Waals surface area contributed by atoms with Gasteiger partial charge in [-0.05, 0) is 25.0 Å². The van der Waals surface area contributed by atoms with Crippen molar-refractivity contribution in [3.63, 3.8) is 0 Å². The Morgan fingerprint density at radius 3 is 2.88 bits per heavy atom. The Morgan fingerprint density at radius 2 is 2.03 bits per heavy atom. The van der Waals surface area contributed by atoms with Crippen molar-refractivity contribution in [2.24, 2.45) is 0 Å². The lowest BCUT2D eigenvalue weighted by atomic mass is 9.95. The van der Waals surface area contributed by atoms with Gasteiger partial charge >= 0.3 is 0 Å². The summed E-state index contributed by atoms with van der Waals surface area (Å²) in [6, 6.07) is 13.6. The van der Waals surface area contributed by atoms with Crippen LogP contribution in [0.2, 0.25) is 0 Å². The highest BCUT2D eigenvalue weighted by molar-refractivity contribution is 5.94. The highest BCUT2D eigenvalue weighted by atomic mass is 16.5. The van der Waals surface area contributed by atoms with Gasteiger partial charge in [0.25, 0.3) is 11.8 Å². The van der Waals surface area contributed by atoms with Crippen molar-refractivity contribution in [1.82, 2.24) is 24.4 Å². The van der Waals surface area contributed by atoms with E-state index < -0.39 is 5.60 Å². The number of benzene rings is 1. The van der Waals surface area contributed by atoms with E-state index in [0.29, 0.717) is 44.0 Å². The first kappa shape index (κ1) is 21.3. The van der Waals surface area contributed by atoms with Gasteiger partial charge in [-0.1, -0.05) is 42.5 Å². The monoisotopic (exact) mass is 445 g/mol. The molecule has 3 aromatic rings. The second-order valence-corrected chi connectivity index (χ2v) is 8.62. The number of fused-ring (bicyclic) bond motifs is 1. The average Bonchev–Trinajstić information content (AvgIpc) is 3.26. The largest absolute Gasteiger partial charge is 0.361 e. The standard InChI is InChI=1S/C25H27N5O3/c1-19-17-21(30-22(27-19)9-12-26-30)23(31)29-15-16-33-25(18-29)11-5-6-13-28(24(25)32)14-10-20-7-3-2-4-8-20/h2-9,12,17H,10-11,13-16,18H2,1H3. The molecule has 33 heavy (non-hydrogen) atoms. The number of carbonyl (C=O) groups is 2. The first-order valence-electron chi connectivity index (χ1n) is 11.3. The van der Waals surface area contributed by atoms with Crippen LogP contribution < -0.4 is 0 Å². The molecule has 8 nitrogen and oxygen atoms in total. The summed E-state index contributed by atoms with van der Waals surface area (Å²) in [6.07, 6.45) is 6.86. The summed E-state index contributed by atoms with van der Waals surface area (Å²) in [5.41, 5.74) is 1.93. The molecular formula is C25H27N5O3. The summed E-state index contributed by atoms with van der Waals surface area (Å²) in [6.45, 7) is 3.94. The zero-order valence-electron chi connectivity index (χ0n) is 18.7. The highest BCUT2D eigenvalue weighted by Crippen LogP contribution is 2.28. The zero-order chi connectivity index (χ0) is 22.8. The number of amides is 2. The van der Waals surface area contributed by atoms with Crippen LogP contribution >= 0.6 is 0 Å². The molecule has 2 aromatic heterocycles. The molecule has 1 fully saturated rings. The number of rotatable bonds is 4. The molecule has 0 radical (unpaired) electrons. The summed E-state index contributed by atoms with van der Waals surface area (Å²) in [4.78, 5) is 35.2. The van der Waals surface area contributed by atoms with E-state index in [9.17, 15) is 9.59 Å². The Balaban J connectivity index is 1.37. The van der Waals surface area contributed by atoms with E-state index in [4.69, 9.17) is 4.74 Å². The van der Waals surface area contributed by atoms with Gasteiger partial charge in [0, 0.05) is 37.8 Å². The lowest BCUT2D eigenvalue weighted by Gasteiger charge is -2.42. The third-order valence-electron chi connectivity index (χ3n) is 6.31. The van der Waals surface area contributed by atoms with Crippen molar-refractivity contribution in [2.75, 3.05) is 32.8 Å². The van der Waals surface area contributed by atoms with Gasteiger partial charge in [0.2, 0.25) is 0 Å². The molecule has 2 amide bonds. The molecule has 170 valence electrons. The maximum atomic E-state index is 13.7. The molecule has 0 N–H and O–H groups in total. The predicted molar refractivity (Wildman–Crippen MR) is 123 cm³/mol. The molecule has 2 aliphatic heterocycles. The average molecular weight is 446 g/mol. The van der Waals surface area contributed by atoms with Gasteiger partial charge in [-0.15, -0.1) is 0 Å². The van der Waals surface area contributed by atoms with Crippen molar-refractivity contribution in [3.05, 3.63) is 77.8 Å². The lowest BCUT2D eigenvalue weighted by Crippen LogP contribution is -2.61. The maximum Gasteiger partial charge on any atom is 0.272 e. The molecule has 0 bridgehead atoms. The maximum absolute atomic E-state index is 13.7. The molecule has 8 heteroatoms. The minimum absolute atomic E-state index is 0.0592. The van der Waals surface area contributed by atoms with Gasteiger partial charge in [0.15, 0.2) is 11.2 Å². The Labute approximate surface area is 192 Å². The van der Waals surface area contributed by atoms with Crippen molar-refractivity contribution in [3.8, 4) is 0 Å². The smallest absolute Gasteiger partial charge is 0.272 e. The molecule has 1 atom stereocenters. The molecule has 4 heterocycles. The molecule has 1 saturated heterocycles. The number of nitrogens with zero attached hydrogens (tertiary/aromatic N) is 5. The topological polar surface area (TPSA) is 80.0 Å². The van der Waals surface area contributed by atoms with Crippen LogP contribution in [0.1, 0.15) is 28.2 Å². The molecule has 1 spiro atoms. The minimum Gasteiger partial charge on any atom is -0.361 e. The predicted octanol–water partition coefficient (Wildman–Crippen LogP) is 2.28. The molecular weight excluding hydrogens is 418 g/mol. The summed E-state index contributed by atoms with van der Waals surface area (Å²) >= 11 is 0. The van der Waals surface area contributed by atoms with Crippen LogP contribution in [0.25, 0.3) is 5.65 Å². The summed E-state index contributed by atoms with van der Waals surface area (Å²) in [7, 11) is 0. The van der Waals surface area contributed by atoms with Crippen LogP contribution in [0.3, 0.4) is 0 Å². The normalized spacial score (nSPS) is 21.1. The number of aryl methyl sites for hydroxylation is 1. The van der Waals surface area contributed by atoms with Crippen LogP contribution in [0, 0.1) is 6.92 Å². The third-order valence-corrected chi connectivity index (χ3v) is 6.31. The van der Waals surface area contributed by atoms with Gasteiger partial charge in [0.1, 0.15) is 5.69 Å². The first-order chi connectivity index (χ1) is 16.1. The lowest BCUT2D eigenvalue weighted by molar-refractivity contribution is -0.166. The molecule has 1 unspecified atom stereocenters. The van der Waals surface area contributed by atoms with Gasteiger partial charge < -0.3 is 14.5 Å². The van der Waals surface area contributed by atoms with Crippen LogP contribution in [-0.2, 0) is 16.0 Å². The van der Waals surface area contributed by atoms with Crippen LogP contribution in [0.4, 0.5) is 0 Å². The fourth-order valence-corrected chi connectivity index (χ4v) is 4.60. The van der Waals surface area contributed by atoms with Crippen molar-refractivity contribution in [1.29, 1.82) is 0 Å². The second-order valence-electron chi connectivity index (χ2n) is 8.62. The highest BCUT2D eigenvalue weighted by Gasteiger charge is 2.47. The molecule has 2 aliphatic rings. The summed E-state index contributed by atoms with van der Waals surface area (Å²) in [5.74, 6) is -0.232. The summed E-state index contributed by atoms with van der Waals surface area (Å²) < 4.78 is 7.68. The van der Waals surface area contributed by atoms with Crippen LogP contribution in [-0.4, -0.2) is 74.6 Å². The van der Waals surface area contributed by atoms with E-state index in [0.717, 1.165) is 12.1 Å². The molecule has 5 rings (SSSR count). The van der Waals surface area contributed by atoms with Crippen molar-refractivity contribution < 1.29 is 14.3 Å². The fraction of sp³-hybridized carbons (Fsp3) is 0.360. The second kappa shape index (κ2) is 8.78. The van der Waals surface area contributed by atoms with Crippen molar-refractivity contribution >= 4 is 17.5 Å². The zero-order valence-corrected chi connectivity index (χ0v) is 18.7. The fourth-order valence-electron chi connectivity index (χ4n) is 4.60. The Morgan fingerprint density at radius 1 is 1.18 bits per heavy atom. The van der Waals surface area contributed by atoms with E-state index in [1.54, 1.807) is 27.7 Å².